The molecule has 0 spiro atoms. The second-order valence-corrected chi connectivity index (χ2v) is 14.3. The Balaban J connectivity index is 1.32. The van der Waals surface area contributed by atoms with Crippen molar-refractivity contribution >= 4 is 18.1 Å². The molecule has 4 fully saturated rings. The molecule has 8 rings (SSSR count). The predicted octanol–water partition coefficient (Wildman–Crippen LogP) is 4.51. The van der Waals surface area contributed by atoms with E-state index in [1.807, 2.05) is 0 Å². The molecule has 256 valence electrons. The van der Waals surface area contributed by atoms with Gasteiger partial charge in [-0.2, -0.15) is 13.2 Å². The van der Waals surface area contributed by atoms with Gasteiger partial charge < -0.3 is 29.9 Å². The lowest BCUT2D eigenvalue weighted by molar-refractivity contribution is -0.137. The van der Waals surface area contributed by atoms with E-state index in [-0.39, 0.29) is 53.3 Å². The number of rotatable bonds is 9. The van der Waals surface area contributed by atoms with E-state index < -0.39 is 47.7 Å². The normalized spacial score (nSPS) is 31.3. The molecule has 2 aromatic carbocycles. The number of fused-ring (bicyclic) bond motifs is 3. The van der Waals surface area contributed by atoms with Crippen molar-refractivity contribution in [2.75, 3.05) is 26.8 Å². The molecule has 4 bridgehead atoms. The van der Waals surface area contributed by atoms with Crippen LogP contribution >= 0.6 is 0 Å². The number of amides is 2. The molecule has 12 heteroatoms. The minimum atomic E-state index is -4.58. The number of ether oxygens (including phenoxy) is 2. The average molecular weight is 669 g/mol. The third kappa shape index (κ3) is 5.66. The summed E-state index contributed by atoms with van der Waals surface area (Å²) in [6.07, 6.45) is 1.46. The first-order valence-electron chi connectivity index (χ1n) is 16.5. The van der Waals surface area contributed by atoms with Gasteiger partial charge in [0.05, 0.1) is 31.2 Å². The Morgan fingerprint density at radius 1 is 1.08 bits per heavy atom. The first-order chi connectivity index (χ1) is 22.9. The van der Waals surface area contributed by atoms with E-state index in [2.05, 4.69) is 5.32 Å². The summed E-state index contributed by atoms with van der Waals surface area (Å²) >= 11 is 0. The van der Waals surface area contributed by atoms with E-state index in [9.17, 15) is 37.8 Å². The Labute approximate surface area is 276 Å². The monoisotopic (exact) mass is 668 g/mol. The zero-order valence-electron chi connectivity index (χ0n) is 26.5. The molecule has 0 radical (unpaired) electrons. The Morgan fingerprint density at radius 3 is 2.29 bits per heavy atom. The number of hydrogen-bond acceptors (Lipinski definition) is 7. The van der Waals surface area contributed by atoms with Gasteiger partial charge in [-0.1, -0.05) is 0 Å². The predicted molar refractivity (Wildman–Crippen MR) is 167 cm³/mol. The lowest BCUT2D eigenvalue weighted by Crippen LogP contribution is -2.59. The summed E-state index contributed by atoms with van der Waals surface area (Å²) in [5.41, 5.74) is -0.135. The van der Waals surface area contributed by atoms with Crippen LogP contribution in [0.25, 0.3) is 0 Å². The van der Waals surface area contributed by atoms with Crippen molar-refractivity contribution in [3.8, 4) is 11.5 Å². The molecule has 9 nitrogen and oxygen atoms in total. The van der Waals surface area contributed by atoms with E-state index in [1.165, 1.54) is 18.1 Å². The quantitative estimate of drug-likeness (QED) is 0.336. The van der Waals surface area contributed by atoms with E-state index >= 15 is 0 Å². The van der Waals surface area contributed by atoms with Crippen LogP contribution in [0.2, 0.25) is 0 Å². The third-order valence-electron chi connectivity index (χ3n) is 11.2. The molecule has 2 amide bonds. The van der Waals surface area contributed by atoms with Gasteiger partial charge in [-0.05, 0) is 104 Å². The van der Waals surface area contributed by atoms with Crippen molar-refractivity contribution in [2.45, 2.75) is 68.9 Å². The molecule has 4 saturated carbocycles. The number of aldehydes is 1. The summed E-state index contributed by atoms with van der Waals surface area (Å²) in [6.45, 7) is -0.101. The molecule has 1 aliphatic heterocycles. The smallest absolute Gasteiger partial charge is 0.416 e. The van der Waals surface area contributed by atoms with E-state index in [4.69, 9.17) is 9.47 Å². The Bertz CT molecular complexity index is 1600. The first-order valence-corrected chi connectivity index (χ1v) is 16.5. The molecule has 2 aromatic rings. The Hall–Kier alpha value is -3.90. The van der Waals surface area contributed by atoms with E-state index in [0.717, 1.165) is 62.8 Å². The minimum Gasteiger partial charge on any atom is -0.493 e. The van der Waals surface area contributed by atoms with Crippen LogP contribution in [-0.4, -0.2) is 78.3 Å². The summed E-state index contributed by atoms with van der Waals surface area (Å²) in [5.74, 6) is 0.215. The highest BCUT2D eigenvalue weighted by atomic mass is 19.4. The highest BCUT2D eigenvalue weighted by molar-refractivity contribution is 5.98. The van der Waals surface area contributed by atoms with Gasteiger partial charge in [0.1, 0.15) is 18.5 Å². The van der Waals surface area contributed by atoms with Crippen molar-refractivity contribution in [3.05, 3.63) is 70.3 Å². The molecule has 3 N–H and O–H groups in total. The second-order valence-electron chi connectivity index (χ2n) is 14.3. The van der Waals surface area contributed by atoms with Crippen LogP contribution in [0, 0.1) is 23.2 Å². The van der Waals surface area contributed by atoms with Crippen molar-refractivity contribution in [3.63, 3.8) is 0 Å². The lowest BCUT2D eigenvalue weighted by Gasteiger charge is -2.58. The van der Waals surface area contributed by atoms with Crippen molar-refractivity contribution in [2.24, 2.45) is 23.2 Å². The third-order valence-corrected chi connectivity index (χ3v) is 11.2. The summed E-state index contributed by atoms with van der Waals surface area (Å²) in [4.78, 5) is 41.6. The van der Waals surface area contributed by atoms with Crippen molar-refractivity contribution in [1.29, 1.82) is 0 Å². The van der Waals surface area contributed by atoms with E-state index in [0.29, 0.717) is 29.6 Å². The first kappa shape index (κ1) is 32.6. The summed E-state index contributed by atoms with van der Waals surface area (Å²) < 4.78 is 52.1. The number of carbonyl (C=O) groups excluding carboxylic acids is 3. The minimum absolute atomic E-state index is 0.0367. The van der Waals surface area contributed by atoms with Gasteiger partial charge in [0.15, 0.2) is 11.5 Å². The molecule has 4 atom stereocenters. The summed E-state index contributed by atoms with van der Waals surface area (Å²) in [6, 6.07) is 6.06. The van der Waals surface area contributed by atoms with Crippen molar-refractivity contribution < 1.29 is 47.2 Å². The topological polar surface area (TPSA) is 125 Å². The van der Waals surface area contributed by atoms with Crippen LogP contribution < -0.4 is 14.8 Å². The molecule has 0 aromatic heterocycles. The maximum Gasteiger partial charge on any atom is 0.416 e. The maximum atomic E-state index is 14.5. The molecule has 0 saturated heterocycles. The van der Waals surface area contributed by atoms with Crippen LogP contribution in [0.15, 0.2) is 48.0 Å². The second kappa shape index (κ2) is 12.2. The van der Waals surface area contributed by atoms with Crippen LogP contribution in [0.4, 0.5) is 13.2 Å². The van der Waals surface area contributed by atoms with Crippen LogP contribution in [-0.2, 0) is 11.0 Å². The fraction of sp³-hybridized carbons (Fsp3) is 0.528. The van der Waals surface area contributed by atoms with Gasteiger partial charge in [0.2, 0.25) is 5.91 Å². The van der Waals surface area contributed by atoms with Gasteiger partial charge in [0.25, 0.3) is 5.91 Å². The van der Waals surface area contributed by atoms with Crippen LogP contribution in [0.3, 0.4) is 0 Å². The van der Waals surface area contributed by atoms with Gasteiger partial charge >= 0.3 is 6.18 Å². The fourth-order valence-electron chi connectivity index (χ4n) is 9.68. The Morgan fingerprint density at radius 2 is 1.73 bits per heavy atom. The summed E-state index contributed by atoms with van der Waals surface area (Å²) in [7, 11) is 1.41. The number of aliphatic hydroxyl groups is 2. The number of hydrogen-bond donors (Lipinski definition) is 3. The van der Waals surface area contributed by atoms with E-state index in [1.54, 1.807) is 12.1 Å². The van der Waals surface area contributed by atoms with Gasteiger partial charge in [-0.15, -0.1) is 0 Å². The number of aliphatic hydroxyl groups excluding tert-OH is 2. The zero-order chi connectivity index (χ0) is 34.0. The number of alkyl halides is 3. The van der Waals surface area contributed by atoms with Gasteiger partial charge in [0, 0.05) is 35.4 Å². The number of nitrogens with zero attached hydrogens (tertiary/aromatic N) is 1. The molecule has 1 heterocycles. The molecule has 5 aliphatic carbocycles. The maximum absolute atomic E-state index is 14.5. The number of methoxy groups -OCH3 is 1. The molecule has 48 heavy (non-hydrogen) atoms. The number of halogens is 3. The number of nitrogens with one attached hydrogen (secondary N) is 1. The highest BCUT2D eigenvalue weighted by Gasteiger charge is 2.55. The molecule has 6 aliphatic rings. The van der Waals surface area contributed by atoms with Crippen LogP contribution in [0.5, 0.6) is 11.5 Å². The highest BCUT2D eigenvalue weighted by Crippen LogP contribution is 2.61. The largest absolute Gasteiger partial charge is 0.493 e. The number of benzene rings is 2. The average Bonchev–Trinajstić information content (AvgIpc) is 3.45. The zero-order valence-corrected chi connectivity index (χ0v) is 26.5. The van der Waals surface area contributed by atoms with Gasteiger partial charge in [-0.25, -0.2) is 0 Å². The van der Waals surface area contributed by atoms with Crippen LogP contribution in [0.1, 0.15) is 76.3 Å². The summed E-state index contributed by atoms with van der Waals surface area (Å²) in [5, 5.41) is 24.3. The number of carbonyl (C=O) groups is 3. The fourth-order valence-corrected chi connectivity index (χ4v) is 9.68. The Kier molecular flexibility index (Phi) is 8.30. The molecular formula is C36H39F3N2O7. The standard InChI is InChI=1S/C36H39F3N2O7/c1-47-28-12-22(17-43)11-25-29-26(33(45)40-6-7-42)13-27(30(44)32(29)48-31(25)28)41(34(46)23-2-4-24(5-3-23)36(37,38)39)18-35-14-19-8-20(15-35)10-21(9-19)16-35/h2-5,11-13,17,19-21,27,29-30,32,42,44H,6-10,14-16,18H2,1H3,(H,40,45). The SMILES string of the molecule is COc1cc(C=O)cc2c1OC1C2C(C(=O)NCCO)=CC(N(CC23CC4CC(CC(C4)C2)C3)C(=O)c2ccc(C(F)(F)F)cc2)C1O. The van der Waals surface area contributed by atoms with Crippen molar-refractivity contribution in [1.82, 2.24) is 10.2 Å². The lowest BCUT2D eigenvalue weighted by atomic mass is 9.49. The molecular weight excluding hydrogens is 629 g/mol. The van der Waals surface area contributed by atoms with Gasteiger partial charge in [-0.3, -0.25) is 14.4 Å². The molecule has 4 unspecified atom stereocenters.